The van der Waals surface area contributed by atoms with Gasteiger partial charge in [0.1, 0.15) is 0 Å². The van der Waals surface area contributed by atoms with Crippen LogP contribution in [-0.2, 0) is 6.54 Å². The Labute approximate surface area is 118 Å². The first kappa shape index (κ1) is 13.8. The number of rotatable bonds is 2. The van der Waals surface area contributed by atoms with Crippen LogP contribution in [0.4, 0.5) is 8.78 Å². The highest BCUT2D eigenvalue weighted by molar-refractivity contribution is 5.30. The van der Waals surface area contributed by atoms with Gasteiger partial charge in [-0.1, -0.05) is 12.8 Å². The molecule has 20 heavy (non-hydrogen) atoms. The first-order valence-electron chi connectivity index (χ1n) is 7.47. The van der Waals surface area contributed by atoms with Crippen molar-refractivity contribution in [2.75, 3.05) is 13.1 Å². The highest BCUT2D eigenvalue weighted by atomic mass is 19.1. The summed E-state index contributed by atoms with van der Waals surface area (Å²) in [5.74, 6) is -2.62. The van der Waals surface area contributed by atoms with Crippen molar-refractivity contribution in [1.29, 1.82) is 0 Å². The topological polar surface area (TPSA) is 23.5 Å². The molecule has 0 aromatic heterocycles. The van der Waals surface area contributed by atoms with Crippen molar-refractivity contribution in [3.05, 3.63) is 29.3 Å². The van der Waals surface area contributed by atoms with Crippen molar-refractivity contribution in [3.8, 4) is 5.75 Å². The second kappa shape index (κ2) is 5.32. The Morgan fingerprint density at radius 3 is 2.10 bits per heavy atom. The number of benzene rings is 1. The fourth-order valence-electron chi connectivity index (χ4n) is 3.78. The minimum Gasteiger partial charge on any atom is -0.503 e. The van der Waals surface area contributed by atoms with E-state index in [4.69, 9.17) is 5.11 Å². The zero-order valence-electron chi connectivity index (χ0n) is 11.7. The van der Waals surface area contributed by atoms with Crippen LogP contribution in [0.5, 0.6) is 5.75 Å². The van der Waals surface area contributed by atoms with E-state index in [-0.39, 0.29) is 0 Å². The maximum Gasteiger partial charge on any atom is 0.187 e. The standard InChI is InChI=1S/C16H21F2NO/c17-13-9-12(10-14(18)15(13)20)11-19-7-5-16(6-8-19)3-1-2-4-16/h9-10,20H,1-8,11H2. The summed E-state index contributed by atoms with van der Waals surface area (Å²) in [6, 6.07) is 2.47. The first-order chi connectivity index (χ1) is 9.58. The van der Waals surface area contributed by atoms with Gasteiger partial charge in [-0.2, -0.15) is 0 Å². The molecule has 3 rings (SSSR count). The third-order valence-corrected chi connectivity index (χ3v) is 5.06. The molecule has 1 aliphatic carbocycles. The highest BCUT2D eigenvalue weighted by Crippen LogP contribution is 2.46. The van der Waals surface area contributed by atoms with Gasteiger partial charge in [-0.3, -0.25) is 4.90 Å². The molecule has 0 radical (unpaired) electrons. The molecule has 2 nitrogen and oxygen atoms in total. The van der Waals surface area contributed by atoms with Crippen LogP contribution in [-0.4, -0.2) is 23.1 Å². The number of halogens is 2. The number of likely N-dealkylation sites (tertiary alicyclic amines) is 1. The molecule has 2 fully saturated rings. The summed E-state index contributed by atoms with van der Waals surface area (Å²) in [7, 11) is 0. The van der Waals surface area contributed by atoms with Gasteiger partial charge < -0.3 is 5.11 Å². The van der Waals surface area contributed by atoms with E-state index in [1.54, 1.807) is 0 Å². The lowest BCUT2D eigenvalue weighted by Gasteiger charge is -2.39. The lowest BCUT2D eigenvalue weighted by Crippen LogP contribution is -2.38. The largest absolute Gasteiger partial charge is 0.503 e. The van der Waals surface area contributed by atoms with Crippen LogP contribution < -0.4 is 0 Å². The number of phenolic OH excluding ortho intramolecular Hbond substituents is 1. The average molecular weight is 281 g/mol. The zero-order chi connectivity index (χ0) is 14.2. The van der Waals surface area contributed by atoms with Crippen molar-refractivity contribution >= 4 is 0 Å². The monoisotopic (exact) mass is 281 g/mol. The summed E-state index contributed by atoms with van der Waals surface area (Å²) >= 11 is 0. The van der Waals surface area contributed by atoms with Gasteiger partial charge in [0.25, 0.3) is 0 Å². The van der Waals surface area contributed by atoms with Crippen LogP contribution in [0.15, 0.2) is 12.1 Å². The van der Waals surface area contributed by atoms with Gasteiger partial charge >= 0.3 is 0 Å². The predicted octanol–water partition coefficient (Wildman–Crippen LogP) is 3.83. The normalized spacial score (nSPS) is 22.5. The number of hydrogen-bond acceptors (Lipinski definition) is 2. The van der Waals surface area contributed by atoms with Crippen molar-refractivity contribution in [2.45, 2.75) is 45.1 Å². The molecule has 1 saturated carbocycles. The molecule has 0 atom stereocenters. The lowest BCUT2D eigenvalue weighted by molar-refractivity contribution is 0.103. The maximum absolute atomic E-state index is 13.3. The molecule has 1 saturated heterocycles. The van der Waals surface area contributed by atoms with E-state index >= 15 is 0 Å². The molecule has 110 valence electrons. The second-order valence-corrected chi connectivity index (χ2v) is 6.39. The Morgan fingerprint density at radius 1 is 1.00 bits per heavy atom. The van der Waals surface area contributed by atoms with Crippen LogP contribution in [0, 0.1) is 17.0 Å². The lowest BCUT2D eigenvalue weighted by atomic mass is 9.77. The summed E-state index contributed by atoms with van der Waals surface area (Å²) in [5, 5.41) is 9.11. The van der Waals surface area contributed by atoms with Crippen LogP contribution in [0.2, 0.25) is 0 Å². The van der Waals surface area contributed by atoms with Crippen LogP contribution in [0.3, 0.4) is 0 Å². The molecular weight excluding hydrogens is 260 g/mol. The molecule has 0 unspecified atom stereocenters. The van der Waals surface area contributed by atoms with Gasteiger partial charge in [-0.15, -0.1) is 0 Å². The van der Waals surface area contributed by atoms with E-state index in [9.17, 15) is 8.78 Å². The Morgan fingerprint density at radius 2 is 1.55 bits per heavy atom. The molecule has 1 heterocycles. The van der Waals surface area contributed by atoms with Crippen molar-refractivity contribution in [3.63, 3.8) is 0 Å². The molecule has 0 amide bonds. The summed E-state index contributed by atoms with van der Waals surface area (Å²) < 4.78 is 26.7. The molecule has 1 spiro atoms. The molecular formula is C16H21F2NO. The fourth-order valence-corrected chi connectivity index (χ4v) is 3.78. The minimum atomic E-state index is -0.877. The van der Waals surface area contributed by atoms with E-state index in [2.05, 4.69) is 4.90 Å². The molecule has 1 N–H and O–H groups in total. The van der Waals surface area contributed by atoms with Crippen molar-refractivity contribution in [1.82, 2.24) is 4.90 Å². The van der Waals surface area contributed by atoms with E-state index in [0.29, 0.717) is 17.5 Å². The van der Waals surface area contributed by atoms with E-state index < -0.39 is 17.4 Å². The van der Waals surface area contributed by atoms with E-state index in [1.807, 2.05) is 0 Å². The Balaban J connectivity index is 1.62. The number of nitrogens with zero attached hydrogens (tertiary/aromatic N) is 1. The quantitative estimate of drug-likeness (QED) is 0.890. The second-order valence-electron chi connectivity index (χ2n) is 6.39. The minimum absolute atomic E-state index is 0.557. The summed E-state index contributed by atoms with van der Waals surface area (Å²) in [5.41, 5.74) is 1.15. The smallest absolute Gasteiger partial charge is 0.187 e. The average Bonchev–Trinajstić information content (AvgIpc) is 2.87. The Hall–Kier alpha value is -1.16. The first-order valence-corrected chi connectivity index (χ1v) is 7.47. The third-order valence-electron chi connectivity index (χ3n) is 5.06. The molecule has 4 heteroatoms. The molecule has 0 bridgehead atoms. The van der Waals surface area contributed by atoms with Gasteiger partial charge in [0, 0.05) is 6.54 Å². The maximum atomic E-state index is 13.3. The molecule has 1 aromatic carbocycles. The molecule has 2 aliphatic rings. The highest BCUT2D eigenvalue weighted by Gasteiger charge is 2.36. The van der Waals surface area contributed by atoms with Crippen molar-refractivity contribution in [2.24, 2.45) is 5.41 Å². The van der Waals surface area contributed by atoms with E-state index in [1.165, 1.54) is 50.7 Å². The third kappa shape index (κ3) is 2.66. The number of hydrogen-bond donors (Lipinski definition) is 1. The van der Waals surface area contributed by atoms with Crippen molar-refractivity contribution < 1.29 is 13.9 Å². The summed E-state index contributed by atoms with van der Waals surface area (Å²) in [6.45, 7) is 2.57. The van der Waals surface area contributed by atoms with Crippen LogP contribution >= 0.6 is 0 Å². The number of phenols is 1. The van der Waals surface area contributed by atoms with Gasteiger partial charge in [0.2, 0.25) is 0 Å². The molecule has 1 aliphatic heterocycles. The van der Waals surface area contributed by atoms with Gasteiger partial charge in [-0.25, -0.2) is 8.78 Å². The predicted molar refractivity (Wildman–Crippen MR) is 73.4 cm³/mol. The fraction of sp³-hybridized carbons (Fsp3) is 0.625. The summed E-state index contributed by atoms with van der Waals surface area (Å²) in [6.07, 6.45) is 7.82. The van der Waals surface area contributed by atoms with Crippen LogP contribution in [0.1, 0.15) is 44.1 Å². The Kier molecular flexibility index (Phi) is 3.67. The number of piperidine rings is 1. The summed E-state index contributed by atoms with van der Waals surface area (Å²) in [4.78, 5) is 2.26. The number of aromatic hydroxyl groups is 1. The zero-order valence-corrected chi connectivity index (χ0v) is 11.7. The Bertz CT molecular complexity index is 464. The van der Waals surface area contributed by atoms with E-state index in [0.717, 1.165) is 13.1 Å². The van der Waals surface area contributed by atoms with Gasteiger partial charge in [0.05, 0.1) is 0 Å². The SMILES string of the molecule is Oc1c(F)cc(CN2CCC3(CCCC3)CC2)cc1F. The van der Waals surface area contributed by atoms with Gasteiger partial charge in [-0.05, 0) is 61.9 Å². The molecule has 1 aromatic rings. The van der Waals surface area contributed by atoms with Gasteiger partial charge in [0.15, 0.2) is 17.4 Å². The van der Waals surface area contributed by atoms with Crippen LogP contribution in [0.25, 0.3) is 0 Å².